The van der Waals surface area contributed by atoms with E-state index in [1.807, 2.05) is 12.1 Å². The maximum absolute atomic E-state index is 11.6. The molecule has 0 aliphatic carbocycles. The van der Waals surface area contributed by atoms with Crippen molar-refractivity contribution in [1.29, 1.82) is 0 Å². The molecule has 1 aromatic carbocycles. The van der Waals surface area contributed by atoms with E-state index in [1.54, 1.807) is 29.8 Å². The van der Waals surface area contributed by atoms with E-state index in [9.17, 15) is 8.42 Å². The molecule has 1 aliphatic rings. The van der Waals surface area contributed by atoms with Gasteiger partial charge in [-0.3, -0.25) is 0 Å². The Morgan fingerprint density at radius 2 is 1.96 bits per heavy atom. The van der Waals surface area contributed by atoms with Crippen molar-refractivity contribution in [2.24, 2.45) is 5.14 Å². The molecule has 1 fully saturated rings. The molecule has 130 valence electrons. The van der Waals surface area contributed by atoms with Crippen LogP contribution in [0.1, 0.15) is 0 Å². The van der Waals surface area contributed by atoms with Gasteiger partial charge in [-0.2, -0.15) is 0 Å². The topological polar surface area (TPSA) is 98.4 Å². The maximum atomic E-state index is 11.6. The number of nitrogens with two attached hydrogens (primary N) is 1. The number of thiophene rings is 1. The summed E-state index contributed by atoms with van der Waals surface area (Å²) < 4.78 is 29.6. The fourth-order valence-corrected chi connectivity index (χ4v) is 4.49. The molecule has 2 N–H and O–H groups in total. The summed E-state index contributed by atoms with van der Waals surface area (Å²) in [6, 6.07) is 8.58. The lowest BCUT2D eigenvalue weighted by atomic mass is 10.2. The van der Waals surface area contributed by atoms with Crippen LogP contribution in [0.4, 0.5) is 5.82 Å². The molecule has 3 heterocycles. The zero-order chi connectivity index (χ0) is 17.4. The van der Waals surface area contributed by atoms with Crippen molar-refractivity contribution in [2.45, 2.75) is 4.90 Å². The first-order valence-corrected chi connectivity index (χ1v) is 10.1. The molecule has 2 aromatic heterocycles. The van der Waals surface area contributed by atoms with Gasteiger partial charge in [0.2, 0.25) is 10.0 Å². The normalized spacial score (nSPS) is 15.6. The molecule has 0 bridgehead atoms. The van der Waals surface area contributed by atoms with Gasteiger partial charge in [0.15, 0.2) is 0 Å². The molecule has 25 heavy (non-hydrogen) atoms. The van der Waals surface area contributed by atoms with Crippen LogP contribution < -0.4 is 10.0 Å². The minimum Gasteiger partial charge on any atom is -0.378 e. The highest BCUT2D eigenvalue weighted by molar-refractivity contribution is 7.89. The molecule has 0 radical (unpaired) electrons. The minimum atomic E-state index is -3.73. The number of rotatable bonds is 3. The summed E-state index contributed by atoms with van der Waals surface area (Å²) in [4.78, 5) is 12.0. The number of hydrogen-bond donors (Lipinski definition) is 1. The van der Waals surface area contributed by atoms with Crippen LogP contribution in [0.25, 0.3) is 20.7 Å². The van der Waals surface area contributed by atoms with Crippen molar-refractivity contribution in [2.75, 3.05) is 31.2 Å². The maximum Gasteiger partial charge on any atom is 0.238 e. The van der Waals surface area contributed by atoms with E-state index in [4.69, 9.17) is 9.88 Å². The number of sulfonamides is 1. The van der Waals surface area contributed by atoms with Crippen LogP contribution in [-0.2, 0) is 14.8 Å². The van der Waals surface area contributed by atoms with E-state index in [0.29, 0.717) is 13.2 Å². The highest BCUT2D eigenvalue weighted by atomic mass is 32.2. The number of nitrogens with zero attached hydrogens (tertiary/aromatic N) is 3. The van der Waals surface area contributed by atoms with Crippen LogP contribution >= 0.6 is 11.3 Å². The fourth-order valence-electron chi connectivity index (χ4n) is 2.81. The quantitative estimate of drug-likeness (QED) is 0.749. The second kappa shape index (κ2) is 6.34. The van der Waals surface area contributed by atoms with Crippen molar-refractivity contribution in [3.05, 3.63) is 36.7 Å². The van der Waals surface area contributed by atoms with Gasteiger partial charge < -0.3 is 9.64 Å². The van der Waals surface area contributed by atoms with Gasteiger partial charge in [-0.1, -0.05) is 12.1 Å². The molecule has 7 nitrogen and oxygen atoms in total. The van der Waals surface area contributed by atoms with Crippen LogP contribution in [0.5, 0.6) is 0 Å². The standard InChI is InChI=1S/C16H16N4O3S2/c17-25(21,22)12-3-1-2-11(8-12)14-9-13-15(24-14)16(19-10-18-13)20-4-6-23-7-5-20/h1-3,8-10H,4-7H2,(H2,17,21,22). The highest BCUT2D eigenvalue weighted by Gasteiger charge is 2.18. The first-order chi connectivity index (χ1) is 12.0. The third kappa shape index (κ3) is 3.23. The summed E-state index contributed by atoms with van der Waals surface area (Å²) in [6.07, 6.45) is 1.56. The van der Waals surface area contributed by atoms with Gasteiger partial charge in [-0.25, -0.2) is 23.5 Å². The molecule has 0 amide bonds. The predicted octanol–water partition coefficient (Wildman–Crippen LogP) is 1.84. The largest absolute Gasteiger partial charge is 0.378 e. The van der Waals surface area contributed by atoms with Crippen molar-refractivity contribution >= 4 is 37.4 Å². The van der Waals surface area contributed by atoms with E-state index in [1.165, 1.54) is 6.07 Å². The van der Waals surface area contributed by atoms with Gasteiger partial charge in [0.25, 0.3) is 0 Å². The van der Waals surface area contributed by atoms with Gasteiger partial charge in [0.1, 0.15) is 12.1 Å². The van der Waals surface area contributed by atoms with Crippen LogP contribution in [0.15, 0.2) is 41.6 Å². The number of hydrogen-bond acceptors (Lipinski definition) is 7. The number of morpholine rings is 1. The SMILES string of the molecule is NS(=O)(=O)c1cccc(-c2cc3ncnc(N4CCOCC4)c3s2)c1. The van der Waals surface area contributed by atoms with Crippen molar-refractivity contribution in [1.82, 2.24) is 9.97 Å². The number of benzene rings is 1. The second-order valence-electron chi connectivity index (χ2n) is 5.69. The number of fused-ring (bicyclic) bond motifs is 1. The Bertz CT molecular complexity index is 1030. The molecule has 4 rings (SSSR count). The van der Waals surface area contributed by atoms with Gasteiger partial charge in [0, 0.05) is 18.0 Å². The van der Waals surface area contributed by atoms with Gasteiger partial charge in [-0.15, -0.1) is 11.3 Å². The Labute approximate surface area is 149 Å². The zero-order valence-electron chi connectivity index (χ0n) is 13.3. The Morgan fingerprint density at radius 3 is 2.72 bits per heavy atom. The summed E-state index contributed by atoms with van der Waals surface area (Å²) in [5, 5.41) is 5.24. The first-order valence-electron chi connectivity index (χ1n) is 7.73. The monoisotopic (exact) mass is 376 g/mol. The lowest BCUT2D eigenvalue weighted by molar-refractivity contribution is 0.122. The number of primary sulfonamides is 1. The minimum absolute atomic E-state index is 0.0990. The number of anilines is 1. The predicted molar refractivity (Wildman–Crippen MR) is 97.3 cm³/mol. The van der Waals surface area contributed by atoms with E-state index in [-0.39, 0.29) is 4.90 Å². The summed E-state index contributed by atoms with van der Waals surface area (Å²) in [7, 11) is -3.73. The van der Waals surface area contributed by atoms with Crippen molar-refractivity contribution in [3.63, 3.8) is 0 Å². The third-order valence-corrected chi connectivity index (χ3v) is 6.13. The zero-order valence-corrected chi connectivity index (χ0v) is 14.9. The number of aromatic nitrogens is 2. The van der Waals surface area contributed by atoms with E-state index in [0.717, 1.165) is 39.6 Å². The fraction of sp³-hybridized carbons (Fsp3) is 0.250. The summed E-state index contributed by atoms with van der Waals surface area (Å²) in [5.74, 6) is 0.896. The lowest BCUT2D eigenvalue weighted by Gasteiger charge is -2.27. The average Bonchev–Trinajstić information content (AvgIpc) is 3.06. The Kier molecular flexibility index (Phi) is 4.16. The Balaban J connectivity index is 1.80. The second-order valence-corrected chi connectivity index (χ2v) is 8.31. The van der Waals surface area contributed by atoms with E-state index >= 15 is 0 Å². The summed E-state index contributed by atoms with van der Waals surface area (Å²) in [5.41, 5.74) is 1.64. The lowest BCUT2D eigenvalue weighted by Crippen LogP contribution is -2.36. The van der Waals surface area contributed by atoms with E-state index < -0.39 is 10.0 Å². The van der Waals surface area contributed by atoms with Crippen molar-refractivity contribution < 1.29 is 13.2 Å². The molecular formula is C16H16N4O3S2. The van der Waals surface area contributed by atoms with Crippen LogP contribution in [-0.4, -0.2) is 44.7 Å². The molecule has 0 saturated carbocycles. The molecular weight excluding hydrogens is 360 g/mol. The smallest absolute Gasteiger partial charge is 0.238 e. The third-order valence-electron chi connectivity index (χ3n) is 4.05. The molecule has 0 atom stereocenters. The van der Waals surface area contributed by atoms with Crippen LogP contribution in [0.2, 0.25) is 0 Å². The average molecular weight is 376 g/mol. The molecule has 0 spiro atoms. The van der Waals surface area contributed by atoms with E-state index in [2.05, 4.69) is 14.9 Å². The Morgan fingerprint density at radius 1 is 1.16 bits per heavy atom. The summed E-state index contributed by atoms with van der Waals surface area (Å²) in [6.45, 7) is 2.95. The molecule has 0 unspecified atom stereocenters. The summed E-state index contributed by atoms with van der Waals surface area (Å²) >= 11 is 1.55. The number of ether oxygens (including phenoxy) is 1. The van der Waals surface area contributed by atoms with Crippen LogP contribution in [0, 0.1) is 0 Å². The molecule has 1 aliphatic heterocycles. The highest BCUT2D eigenvalue weighted by Crippen LogP contribution is 2.37. The molecule has 3 aromatic rings. The van der Waals surface area contributed by atoms with Crippen LogP contribution in [0.3, 0.4) is 0 Å². The molecule has 9 heteroatoms. The van der Waals surface area contributed by atoms with Gasteiger partial charge >= 0.3 is 0 Å². The Hall–Kier alpha value is -2.07. The molecule has 1 saturated heterocycles. The first kappa shape index (κ1) is 16.4. The van der Waals surface area contributed by atoms with Gasteiger partial charge in [-0.05, 0) is 23.8 Å². The van der Waals surface area contributed by atoms with Gasteiger partial charge in [0.05, 0.1) is 28.3 Å². The van der Waals surface area contributed by atoms with Crippen molar-refractivity contribution in [3.8, 4) is 10.4 Å².